The van der Waals surface area contributed by atoms with Gasteiger partial charge in [0.05, 0.1) is 11.8 Å². The highest BCUT2D eigenvalue weighted by molar-refractivity contribution is 5.44. The van der Waals surface area contributed by atoms with Crippen molar-refractivity contribution in [2.75, 3.05) is 5.73 Å². The van der Waals surface area contributed by atoms with E-state index in [1.165, 1.54) is 6.07 Å². The van der Waals surface area contributed by atoms with Crippen molar-refractivity contribution >= 4 is 5.69 Å². The van der Waals surface area contributed by atoms with Gasteiger partial charge in [-0.25, -0.2) is 4.39 Å². The summed E-state index contributed by atoms with van der Waals surface area (Å²) in [6, 6.07) is 4.75. The third-order valence-corrected chi connectivity index (χ3v) is 4.17. The molecular formula is C13H17FN2O. The minimum Gasteiger partial charge on any atom is -0.396 e. The molecule has 0 radical (unpaired) electrons. The number of rotatable bonds is 2. The SMILES string of the molecule is CC12CC(C1)[C@@H]([C@H](O)c1cccc(N)c1F)N2. The number of fused-ring (bicyclic) bond motifs is 1. The molecule has 1 aromatic carbocycles. The maximum atomic E-state index is 13.8. The second-order valence-corrected chi connectivity index (χ2v) is 5.59. The van der Waals surface area contributed by atoms with Gasteiger partial charge >= 0.3 is 0 Å². The van der Waals surface area contributed by atoms with Crippen LogP contribution in [-0.4, -0.2) is 16.7 Å². The number of nitrogens with two attached hydrogens (primary N) is 1. The molecule has 0 spiro atoms. The third-order valence-electron chi connectivity index (χ3n) is 4.17. The lowest BCUT2D eigenvalue weighted by atomic mass is 9.72. The second-order valence-electron chi connectivity index (χ2n) is 5.59. The first-order valence-corrected chi connectivity index (χ1v) is 6.00. The fourth-order valence-corrected chi connectivity index (χ4v) is 3.32. The Balaban J connectivity index is 1.87. The molecule has 3 fully saturated rings. The fraction of sp³-hybridized carbons (Fsp3) is 0.538. The number of hydrogen-bond acceptors (Lipinski definition) is 3. The molecule has 3 aliphatic rings. The number of nitrogens with one attached hydrogen (secondary N) is 1. The average Bonchev–Trinajstić information content (AvgIpc) is 2.74. The summed E-state index contributed by atoms with van der Waals surface area (Å²) in [6.07, 6.45) is 1.32. The summed E-state index contributed by atoms with van der Waals surface area (Å²) in [5.41, 5.74) is 6.07. The summed E-state index contributed by atoms with van der Waals surface area (Å²) in [6.45, 7) is 2.14. The summed E-state index contributed by atoms with van der Waals surface area (Å²) in [7, 11) is 0. The van der Waals surface area contributed by atoms with E-state index < -0.39 is 11.9 Å². The fourth-order valence-electron chi connectivity index (χ4n) is 3.32. The summed E-state index contributed by atoms with van der Waals surface area (Å²) in [5, 5.41) is 13.7. The zero-order valence-electron chi connectivity index (χ0n) is 9.78. The van der Waals surface area contributed by atoms with Gasteiger partial charge in [0.25, 0.3) is 0 Å². The molecule has 2 saturated heterocycles. The van der Waals surface area contributed by atoms with Crippen molar-refractivity contribution < 1.29 is 9.50 Å². The van der Waals surface area contributed by atoms with E-state index in [1.54, 1.807) is 12.1 Å². The molecule has 4 heteroatoms. The zero-order chi connectivity index (χ0) is 12.2. The molecule has 92 valence electrons. The van der Waals surface area contributed by atoms with Gasteiger partial charge in [-0.3, -0.25) is 0 Å². The molecule has 1 aliphatic carbocycles. The molecule has 0 unspecified atom stereocenters. The van der Waals surface area contributed by atoms with Crippen LogP contribution in [0.4, 0.5) is 10.1 Å². The number of halogens is 1. The van der Waals surface area contributed by atoms with Crippen LogP contribution in [0.2, 0.25) is 0 Å². The highest BCUT2D eigenvalue weighted by atomic mass is 19.1. The number of aliphatic hydroxyl groups is 1. The van der Waals surface area contributed by atoms with Crippen LogP contribution >= 0.6 is 0 Å². The van der Waals surface area contributed by atoms with Crippen LogP contribution in [0.1, 0.15) is 31.4 Å². The first-order chi connectivity index (χ1) is 8.00. The largest absolute Gasteiger partial charge is 0.396 e. The lowest BCUT2D eigenvalue weighted by Crippen LogP contribution is -2.40. The molecule has 2 aliphatic heterocycles. The molecule has 4 rings (SSSR count). The Morgan fingerprint density at radius 1 is 1.53 bits per heavy atom. The number of benzene rings is 1. The lowest BCUT2D eigenvalue weighted by molar-refractivity contribution is 0.118. The van der Waals surface area contributed by atoms with E-state index in [1.807, 2.05) is 0 Å². The average molecular weight is 236 g/mol. The van der Waals surface area contributed by atoms with E-state index in [0.717, 1.165) is 12.8 Å². The predicted octanol–water partition coefficient (Wildman–Crippen LogP) is 1.58. The molecule has 17 heavy (non-hydrogen) atoms. The summed E-state index contributed by atoms with van der Waals surface area (Å²) < 4.78 is 13.8. The van der Waals surface area contributed by atoms with Gasteiger partial charge in [-0.05, 0) is 31.7 Å². The molecule has 2 atom stereocenters. The Morgan fingerprint density at radius 2 is 2.24 bits per heavy atom. The van der Waals surface area contributed by atoms with Crippen LogP contribution in [0.5, 0.6) is 0 Å². The molecule has 2 heterocycles. The van der Waals surface area contributed by atoms with E-state index in [0.29, 0.717) is 11.5 Å². The highest BCUT2D eigenvalue weighted by Gasteiger charge is 2.54. The maximum absolute atomic E-state index is 13.8. The molecule has 0 amide bonds. The quantitative estimate of drug-likeness (QED) is 0.683. The molecular weight excluding hydrogens is 219 g/mol. The van der Waals surface area contributed by atoms with Gasteiger partial charge in [0, 0.05) is 17.1 Å². The van der Waals surface area contributed by atoms with Crippen molar-refractivity contribution in [1.82, 2.24) is 5.32 Å². The minimum absolute atomic E-state index is 0.0451. The Bertz CT molecular complexity index is 457. The number of hydrogen-bond donors (Lipinski definition) is 3. The van der Waals surface area contributed by atoms with Crippen molar-refractivity contribution in [1.29, 1.82) is 0 Å². The molecule has 1 aromatic rings. The van der Waals surface area contributed by atoms with Gasteiger partial charge in [0.2, 0.25) is 0 Å². The van der Waals surface area contributed by atoms with Crippen LogP contribution in [0.15, 0.2) is 18.2 Å². The van der Waals surface area contributed by atoms with Crippen molar-refractivity contribution in [3.8, 4) is 0 Å². The van der Waals surface area contributed by atoms with Gasteiger partial charge in [-0.1, -0.05) is 12.1 Å². The van der Waals surface area contributed by atoms with E-state index in [2.05, 4.69) is 12.2 Å². The first kappa shape index (κ1) is 11.0. The van der Waals surface area contributed by atoms with Crippen molar-refractivity contribution in [2.45, 2.75) is 37.5 Å². The first-order valence-electron chi connectivity index (χ1n) is 6.00. The Labute approximate surface area is 99.8 Å². The Morgan fingerprint density at radius 3 is 2.82 bits per heavy atom. The van der Waals surface area contributed by atoms with Crippen LogP contribution in [0, 0.1) is 11.7 Å². The second kappa shape index (κ2) is 3.43. The van der Waals surface area contributed by atoms with Gasteiger partial charge in [0.15, 0.2) is 5.82 Å². The Hall–Kier alpha value is -1.13. The van der Waals surface area contributed by atoms with Crippen molar-refractivity contribution in [3.05, 3.63) is 29.6 Å². The van der Waals surface area contributed by atoms with E-state index >= 15 is 0 Å². The summed E-state index contributed by atoms with van der Waals surface area (Å²) >= 11 is 0. The summed E-state index contributed by atoms with van der Waals surface area (Å²) in [5.74, 6) is -0.0353. The van der Waals surface area contributed by atoms with E-state index in [9.17, 15) is 9.50 Å². The molecule has 2 bridgehead atoms. The monoisotopic (exact) mass is 236 g/mol. The molecule has 3 nitrogen and oxygen atoms in total. The smallest absolute Gasteiger partial charge is 0.151 e. The van der Waals surface area contributed by atoms with Crippen LogP contribution in [0.3, 0.4) is 0 Å². The topological polar surface area (TPSA) is 58.3 Å². The minimum atomic E-state index is -0.812. The van der Waals surface area contributed by atoms with Crippen molar-refractivity contribution in [2.24, 2.45) is 5.92 Å². The molecule has 1 saturated carbocycles. The maximum Gasteiger partial charge on any atom is 0.151 e. The van der Waals surface area contributed by atoms with Crippen molar-refractivity contribution in [3.63, 3.8) is 0 Å². The highest BCUT2D eigenvalue weighted by Crippen LogP contribution is 2.50. The summed E-state index contributed by atoms with van der Waals surface area (Å²) in [4.78, 5) is 0. The standard InChI is InChI=1S/C13H17FN2O/c1-13-5-7(6-13)11(16-13)12(17)8-3-2-4-9(15)10(8)14/h2-4,7,11-12,16-17H,5-6,15H2,1H3/t7?,11-,12+,13?/m0/s1. The van der Waals surface area contributed by atoms with Gasteiger partial charge in [0.1, 0.15) is 0 Å². The number of anilines is 1. The Kier molecular flexibility index (Phi) is 2.22. The number of nitrogen functional groups attached to an aromatic ring is 1. The predicted molar refractivity (Wildman–Crippen MR) is 63.8 cm³/mol. The van der Waals surface area contributed by atoms with Gasteiger partial charge in [-0.2, -0.15) is 0 Å². The van der Waals surface area contributed by atoms with E-state index in [4.69, 9.17) is 5.73 Å². The van der Waals surface area contributed by atoms with Crippen LogP contribution in [0.25, 0.3) is 0 Å². The normalized spacial score (nSPS) is 36.6. The number of aliphatic hydroxyl groups excluding tert-OH is 1. The zero-order valence-corrected chi connectivity index (χ0v) is 9.78. The molecule has 0 aromatic heterocycles. The lowest BCUT2D eigenvalue weighted by Gasteiger charge is -2.33. The van der Waals surface area contributed by atoms with E-state index in [-0.39, 0.29) is 17.3 Å². The molecule has 4 N–H and O–H groups in total. The third kappa shape index (κ3) is 1.55. The van der Waals surface area contributed by atoms with Gasteiger partial charge < -0.3 is 16.2 Å². The van der Waals surface area contributed by atoms with Gasteiger partial charge in [-0.15, -0.1) is 0 Å². The van der Waals surface area contributed by atoms with Crippen LogP contribution < -0.4 is 11.1 Å². The van der Waals surface area contributed by atoms with Crippen LogP contribution in [-0.2, 0) is 0 Å².